The standard InChI is InChI=1S/C30H28F2N6O5/c1-2-41-26-11-22(31)15-36-29(26)43-23-10-20(12-33-16-23)27-34-13-21(14-35-27)28(39)37-25-17-38(9-8-24(25)32)30(40)42-18-19-6-4-3-5-7-19/h3-7,10-16,24-25H,2,8-9,17-18H2,1H3,(H,37,39)/t24-,25-/m1/s1. The molecule has 0 unspecified atom stereocenters. The lowest BCUT2D eigenvalue weighted by Gasteiger charge is -2.34. The van der Waals surface area contributed by atoms with Crippen molar-refractivity contribution in [3.05, 3.63) is 90.4 Å². The summed E-state index contributed by atoms with van der Waals surface area (Å²) in [5, 5.41) is 2.64. The first kappa shape index (κ1) is 29.3. The van der Waals surface area contributed by atoms with Crippen LogP contribution in [0.25, 0.3) is 11.4 Å². The second-order valence-electron chi connectivity index (χ2n) is 9.57. The molecule has 0 aliphatic carbocycles. The number of ether oxygens (including phenoxy) is 3. The zero-order chi connectivity index (χ0) is 30.2. The maximum absolute atomic E-state index is 14.7. The Morgan fingerprint density at radius 2 is 1.84 bits per heavy atom. The van der Waals surface area contributed by atoms with Crippen molar-refractivity contribution in [1.82, 2.24) is 30.2 Å². The van der Waals surface area contributed by atoms with Crippen LogP contribution in [-0.4, -0.2) is 68.7 Å². The van der Waals surface area contributed by atoms with Gasteiger partial charge in [0.1, 0.15) is 24.3 Å². The van der Waals surface area contributed by atoms with Crippen LogP contribution in [0.15, 0.2) is 73.4 Å². The lowest BCUT2D eigenvalue weighted by atomic mass is 10.0. The van der Waals surface area contributed by atoms with Crippen molar-refractivity contribution in [3.8, 4) is 28.8 Å². The lowest BCUT2D eigenvalue weighted by molar-refractivity contribution is 0.0591. The van der Waals surface area contributed by atoms with E-state index in [1.165, 1.54) is 35.8 Å². The number of rotatable bonds is 9. The minimum atomic E-state index is -1.34. The molecule has 3 aromatic heterocycles. The number of hydrogen-bond donors (Lipinski definition) is 1. The molecule has 1 aliphatic rings. The molecular formula is C30H28F2N6O5. The van der Waals surface area contributed by atoms with Crippen molar-refractivity contribution in [3.63, 3.8) is 0 Å². The predicted molar refractivity (Wildman–Crippen MR) is 150 cm³/mol. The Balaban J connectivity index is 1.20. The highest BCUT2D eigenvalue weighted by Gasteiger charge is 2.33. The fourth-order valence-electron chi connectivity index (χ4n) is 4.33. The number of nitrogens with zero attached hydrogens (tertiary/aromatic N) is 5. The summed E-state index contributed by atoms with van der Waals surface area (Å²) in [6, 6.07) is 11.1. The Hall–Kier alpha value is -5.20. The highest BCUT2D eigenvalue weighted by atomic mass is 19.1. The van der Waals surface area contributed by atoms with Gasteiger partial charge >= 0.3 is 6.09 Å². The quantitative estimate of drug-likeness (QED) is 0.294. The second kappa shape index (κ2) is 13.6. The fraction of sp³-hybridized carbons (Fsp3) is 0.267. The number of halogens is 2. The van der Waals surface area contributed by atoms with Crippen LogP contribution in [-0.2, 0) is 11.3 Å². The van der Waals surface area contributed by atoms with E-state index in [1.807, 2.05) is 30.3 Å². The Morgan fingerprint density at radius 3 is 2.60 bits per heavy atom. The molecule has 0 radical (unpaired) electrons. The molecular weight excluding hydrogens is 562 g/mol. The van der Waals surface area contributed by atoms with Crippen LogP contribution in [0.1, 0.15) is 29.3 Å². The van der Waals surface area contributed by atoms with Crippen molar-refractivity contribution in [2.75, 3.05) is 19.7 Å². The van der Waals surface area contributed by atoms with E-state index in [-0.39, 0.29) is 54.9 Å². The van der Waals surface area contributed by atoms with Crippen LogP contribution in [0.3, 0.4) is 0 Å². The van der Waals surface area contributed by atoms with Gasteiger partial charge in [0.25, 0.3) is 11.8 Å². The van der Waals surface area contributed by atoms with Gasteiger partial charge in [-0.25, -0.2) is 28.5 Å². The summed E-state index contributed by atoms with van der Waals surface area (Å²) >= 11 is 0. The number of pyridine rings is 2. The van der Waals surface area contributed by atoms with Crippen LogP contribution in [0.5, 0.6) is 17.4 Å². The van der Waals surface area contributed by atoms with Crippen molar-refractivity contribution in [2.24, 2.45) is 0 Å². The summed E-state index contributed by atoms with van der Waals surface area (Å²) in [7, 11) is 0. The third kappa shape index (κ3) is 7.56. The Morgan fingerprint density at radius 1 is 1.05 bits per heavy atom. The van der Waals surface area contributed by atoms with Crippen molar-refractivity contribution in [2.45, 2.75) is 32.2 Å². The lowest BCUT2D eigenvalue weighted by Crippen LogP contribution is -2.55. The number of alkyl halides is 1. The molecule has 5 rings (SSSR count). The van der Waals surface area contributed by atoms with Gasteiger partial charge in [0.2, 0.25) is 0 Å². The molecule has 222 valence electrons. The molecule has 11 nitrogen and oxygen atoms in total. The van der Waals surface area contributed by atoms with Crippen molar-refractivity contribution < 1.29 is 32.6 Å². The van der Waals surface area contributed by atoms with E-state index in [2.05, 4.69) is 25.3 Å². The van der Waals surface area contributed by atoms with Gasteiger partial charge in [-0.1, -0.05) is 30.3 Å². The zero-order valence-electron chi connectivity index (χ0n) is 23.2. The van der Waals surface area contributed by atoms with Crippen LogP contribution in [0, 0.1) is 5.82 Å². The summed E-state index contributed by atoms with van der Waals surface area (Å²) in [6.45, 7) is 2.28. The molecule has 1 aliphatic heterocycles. The number of hydrogen-bond acceptors (Lipinski definition) is 9. The number of aromatic nitrogens is 4. The van der Waals surface area contributed by atoms with Gasteiger partial charge in [-0.2, -0.15) is 0 Å². The minimum Gasteiger partial charge on any atom is -0.488 e. The van der Waals surface area contributed by atoms with Gasteiger partial charge in [0.05, 0.1) is 30.6 Å². The SMILES string of the molecule is CCOc1cc(F)cnc1Oc1cncc(-c2ncc(C(=O)N[C@@H]3CN(C(=O)OCc4ccccc4)CC[C@H]3F)cn2)c1. The molecule has 1 saturated heterocycles. The minimum absolute atomic E-state index is 0.0359. The van der Waals surface area contributed by atoms with Crippen LogP contribution in [0.2, 0.25) is 0 Å². The Labute approximate surface area is 245 Å². The molecule has 4 aromatic rings. The van der Waals surface area contributed by atoms with Gasteiger partial charge < -0.3 is 24.4 Å². The zero-order valence-corrected chi connectivity index (χ0v) is 23.2. The largest absolute Gasteiger partial charge is 0.488 e. The van der Waals surface area contributed by atoms with Crippen LogP contribution in [0.4, 0.5) is 13.6 Å². The van der Waals surface area contributed by atoms with Gasteiger partial charge in [0, 0.05) is 43.3 Å². The molecule has 0 bridgehead atoms. The van der Waals surface area contributed by atoms with E-state index in [0.29, 0.717) is 12.2 Å². The molecule has 4 heterocycles. The average molecular weight is 591 g/mol. The smallest absolute Gasteiger partial charge is 0.410 e. The molecule has 1 N–H and O–H groups in total. The van der Waals surface area contributed by atoms with E-state index in [4.69, 9.17) is 14.2 Å². The van der Waals surface area contributed by atoms with E-state index in [1.54, 1.807) is 13.0 Å². The Kier molecular flexibility index (Phi) is 9.29. The van der Waals surface area contributed by atoms with E-state index >= 15 is 0 Å². The molecule has 1 aromatic carbocycles. The summed E-state index contributed by atoms with van der Waals surface area (Å²) in [5.41, 5.74) is 1.42. The molecule has 2 amide bonds. The topological polar surface area (TPSA) is 129 Å². The highest BCUT2D eigenvalue weighted by molar-refractivity contribution is 5.94. The summed E-state index contributed by atoms with van der Waals surface area (Å²) in [6.07, 6.45) is 4.71. The second-order valence-corrected chi connectivity index (χ2v) is 9.57. The number of carbonyl (C=O) groups excluding carboxylic acids is 2. The first-order valence-electron chi connectivity index (χ1n) is 13.5. The number of carbonyl (C=O) groups is 2. The molecule has 1 fully saturated rings. The van der Waals surface area contributed by atoms with Crippen molar-refractivity contribution >= 4 is 12.0 Å². The molecule has 13 heteroatoms. The molecule has 43 heavy (non-hydrogen) atoms. The van der Waals surface area contributed by atoms with Crippen LogP contribution < -0.4 is 14.8 Å². The van der Waals surface area contributed by atoms with E-state index in [9.17, 15) is 18.4 Å². The normalized spacial score (nSPS) is 16.3. The maximum atomic E-state index is 14.7. The number of amides is 2. The Bertz CT molecular complexity index is 1560. The van der Waals surface area contributed by atoms with E-state index in [0.717, 1.165) is 11.8 Å². The number of benzene rings is 1. The van der Waals surface area contributed by atoms with Gasteiger partial charge in [0.15, 0.2) is 11.6 Å². The van der Waals surface area contributed by atoms with Gasteiger partial charge in [-0.3, -0.25) is 9.78 Å². The first-order chi connectivity index (χ1) is 20.9. The fourth-order valence-corrected chi connectivity index (χ4v) is 4.33. The summed E-state index contributed by atoms with van der Waals surface area (Å²) in [4.78, 5) is 43.4. The first-order valence-corrected chi connectivity index (χ1v) is 13.5. The third-order valence-electron chi connectivity index (χ3n) is 6.49. The third-order valence-corrected chi connectivity index (χ3v) is 6.49. The predicted octanol–water partition coefficient (Wildman–Crippen LogP) is 4.74. The average Bonchev–Trinajstić information content (AvgIpc) is 3.03. The molecule has 0 spiro atoms. The number of piperidine rings is 1. The van der Waals surface area contributed by atoms with Gasteiger partial charge in [-0.15, -0.1) is 0 Å². The van der Waals surface area contributed by atoms with Gasteiger partial charge in [-0.05, 0) is 25.0 Å². The van der Waals surface area contributed by atoms with Crippen LogP contribution >= 0.6 is 0 Å². The van der Waals surface area contributed by atoms with E-state index < -0.39 is 30.0 Å². The van der Waals surface area contributed by atoms with Crippen molar-refractivity contribution in [1.29, 1.82) is 0 Å². The summed E-state index contributed by atoms with van der Waals surface area (Å²) < 4.78 is 44.8. The monoisotopic (exact) mass is 590 g/mol. The number of likely N-dealkylation sites (tertiary alicyclic amines) is 1. The maximum Gasteiger partial charge on any atom is 0.410 e. The molecule has 2 atom stereocenters. The highest BCUT2D eigenvalue weighted by Crippen LogP contribution is 2.31. The number of nitrogens with one attached hydrogen (secondary N) is 1. The molecule has 0 saturated carbocycles. The summed E-state index contributed by atoms with van der Waals surface area (Å²) in [5.74, 6) is -0.419.